The van der Waals surface area contributed by atoms with Crippen molar-refractivity contribution in [3.05, 3.63) is 0 Å². The van der Waals surface area contributed by atoms with E-state index in [9.17, 15) is 8.78 Å². The first-order valence-electron chi connectivity index (χ1n) is 4.30. The van der Waals surface area contributed by atoms with Crippen molar-refractivity contribution in [2.24, 2.45) is 0 Å². The van der Waals surface area contributed by atoms with E-state index < -0.39 is 13.0 Å². The predicted molar refractivity (Wildman–Crippen MR) is 46.2 cm³/mol. The number of hydrogen-bond acceptors (Lipinski definition) is 3. The van der Waals surface area contributed by atoms with Crippen molar-refractivity contribution in [2.45, 2.75) is 19.5 Å². The van der Waals surface area contributed by atoms with E-state index in [-0.39, 0.29) is 6.10 Å². The average molecular weight is 197 g/mol. The van der Waals surface area contributed by atoms with E-state index in [1.54, 1.807) is 0 Å². The molecule has 5 heteroatoms. The molecule has 1 atom stereocenters. The Labute approximate surface area is 77.4 Å². The molecule has 0 aromatic carbocycles. The molecular formula is C8H17F2NO2. The number of methoxy groups -OCH3 is 1. The molecule has 1 N–H and O–H groups in total. The van der Waals surface area contributed by atoms with Gasteiger partial charge in [-0.05, 0) is 6.54 Å². The fourth-order valence-corrected chi connectivity index (χ4v) is 0.866. The van der Waals surface area contributed by atoms with Crippen LogP contribution in [0.15, 0.2) is 0 Å². The summed E-state index contributed by atoms with van der Waals surface area (Å²) >= 11 is 0. The molecule has 0 bridgehead atoms. The molecule has 13 heavy (non-hydrogen) atoms. The molecule has 1 unspecified atom stereocenters. The second-order valence-electron chi connectivity index (χ2n) is 2.61. The Bertz CT molecular complexity index is 114. The summed E-state index contributed by atoms with van der Waals surface area (Å²) in [5, 5.41) is 3.01. The summed E-state index contributed by atoms with van der Waals surface area (Å²) in [5.41, 5.74) is 0. The molecule has 0 radical (unpaired) electrons. The Hall–Kier alpha value is -0.260. The largest absolute Gasteiger partial charge is 0.382 e. The van der Waals surface area contributed by atoms with Gasteiger partial charge in [-0.15, -0.1) is 0 Å². The van der Waals surface area contributed by atoms with Crippen LogP contribution in [-0.2, 0) is 9.47 Å². The van der Waals surface area contributed by atoms with Gasteiger partial charge in [-0.25, -0.2) is 8.78 Å². The van der Waals surface area contributed by atoms with Gasteiger partial charge in [0, 0.05) is 13.7 Å². The van der Waals surface area contributed by atoms with E-state index in [1.165, 1.54) is 7.11 Å². The Morgan fingerprint density at radius 1 is 1.31 bits per heavy atom. The zero-order valence-electron chi connectivity index (χ0n) is 8.06. The van der Waals surface area contributed by atoms with Gasteiger partial charge < -0.3 is 14.8 Å². The third kappa shape index (κ3) is 8.08. The number of hydrogen-bond donors (Lipinski definition) is 1. The third-order valence-electron chi connectivity index (χ3n) is 1.43. The summed E-state index contributed by atoms with van der Waals surface area (Å²) in [4.78, 5) is 0. The van der Waals surface area contributed by atoms with Crippen molar-refractivity contribution >= 4 is 0 Å². The van der Waals surface area contributed by atoms with Gasteiger partial charge in [0.1, 0.15) is 6.61 Å². The number of likely N-dealkylation sites (N-methyl/N-ethyl adjacent to an activating group) is 1. The molecule has 0 aliphatic heterocycles. The van der Waals surface area contributed by atoms with Crippen LogP contribution in [0.1, 0.15) is 6.92 Å². The molecule has 0 aromatic rings. The molecule has 3 nitrogen and oxygen atoms in total. The molecule has 0 saturated carbocycles. The maximum Gasteiger partial charge on any atom is 0.261 e. The Balaban J connectivity index is 3.53. The zero-order valence-corrected chi connectivity index (χ0v) is 8.06. The van der Waals surface area contributed by atoms with Gasteiger partial charge in [-0.3, -0.25) is 0 Å². The van der Waals surface area contributed by atoms with Gasteiger partial charge in [-0.1, -0.05) is 6.92 Å². The standard InChI is InChI=1S/C8H17F2NO2/c1-3-11-4-7(5-12-2)13-6-8(9)10/h7-8,11H,3-6H2,1-2H3. The van der Waals surface area contributed by atoms with Gasteiger partial charge >= 0.3 is 0 Å². The van der Waals surface area contributed by atoms with Crippen LogP contribution in [0.2, 0.25) is 0 Å². The van der Waals surface area contributed by atoms with Crippen LogP contribution in [-0.4, -0.2) is 45.9 Å². The second kappa shape index (κ2) is 8.34. The number of ether oxygens (including phenoxy) is 2. The van der Waals surface area contributed by atoms with Crippen molar-refractivity contribution < 1.29 is 18.3 Å². The number of alkyl halides is 2. The van der Waals surface area contributed by atoms with Crippen LogP contribution in [0.5, 0.6) is 0 Å². The Kier molecular flexibility index (Phi) is 8.18. The van der Waals surface area contributed by atoms with Crippen molar-refractivity contribution in [3.8, 4) is 0 Å². The van der Waals surface area contributed by atoms with Gasteiger partial charge in [0.2, 0.25) is 0 Å². The lowest BCUT2D eigenvalue weighted by Gasteiger charge is -2.16. The minimum atomic E-state index is -2.42. The molecule has 0 fully saturated rings. The molecule has 80 valence electrons. The third-order valence-corrected chi connectivity index (χ3v) is 1.43. The van der Waals surface area contributed by atoms with Crippen molar-refractivity contribution in [2.75, 3.05) is 33.4 Å². The van der Waals surface area contributed by atoms with Crippen LogP contribution in [0.3, 0.4) is 0 Å². The van der Waals surface area contributed by atoms with E-state index >= 15 is 0 Å². The second-order valence-corrected chi connectivity index (χ2v) is 2.61. The lowest BCUT2D eigenvalue weighted by atomic mass is 10.3. The molecular weight excluding hydrogens is 180 g/mol. The molecule has 0 aromatic heterocycles. The smallest absolute Gasteiger partial charge is 0.261 e. The molecule has 0 aliphatic carbocycles. The summed E-state index contributed by atoms with van der Waals surface area (Å²) in [5.74, 6) is 0. The summed E-state index contributed by atoms with van der Waals surface area (Å²) in [7, 11) is 1.52. The first-order valence-corrected chi connectivity index (χ1v) is 4.30. The first-order chi connectivity index (χ1) is 6.20. The zero-order chi connectivity index (χ0) is 10.1. The molecule has 0 aliphatic rings. The highest BCUT2D eigenvalue weighted by atomic mass is 19.3. The number of nitrogens with one attached hydrogen (secondary N) is 1. The molecule has 0 rings (SSSR count). The Morgan fingerprint density at radius 3 is 2.46 bits per heavy atom. The summed E-state index contributed by atoms with van der Waals surface area (Å²) in [6, 6.07) is 0. The number of halogens is 2. The normalized spacial score (nSPS) is 13.6. The lowest BCUT2D eigenvalue weighted by Crippen LogP contribution is -2.33. The highest BCUT2D eigenvalue weighted by Crippen LogP contribution is 1.98. The molecule has 0 amide bonds. The monoisotopic (exact) mass is 197 g/mol. The van der Waals surface area contributed by atoms with Gasteiger partial charge in [-0.2, -0.15) is 0 Å². The minimum absolute atomic E-state index is 0.293. The van der Waals surface area contributed by atoms with Crippen LogP contribution in [0, 0.1) is 0 Å². The van der Waals surface area contributed by atoms with E-state index in [4.69, 9.17) is 9.47 Å². The van der Waals surface area contributed by atoms with Crippen LogP contribution in [0.25, 0.3) is 0 Å². The highest BCUT2D eigenvalue weighted by Gasteiger charge is 2.11. The summed E-state index contributed by atoms with van der Waals surface area (Å²) in [6.07, 6.45) is -2.71. The number of rotatable bonds is 8. The van der Waals surface area contributed by atoms with Crippen LogP contribution >= 0.6 is 0 Å². The van der Waals surface area contributed by atoms with Crippen molar-refractivity contribution in [1.82, 2.24) is 5.32 Å². The van der Waals surface area contributed by atoms with Gasteiger partial charge in [0.15, 0.2) is 0 Å². The van der Waals surface area contributed by atoms with Crippen LogP contribution < -0.4 is 5.32 Å². The summed E-state index contributed by atoms with van der Waals surface area (Å²) in [6.45, 7) is 3.07. The van der Waals surface area contributed by atoms with Crippen molar-refractivity contribution in [1.29, 1.82) is 0 Å². The maximum atomic E-state index is 11.8. The average Bonchev–Trinajstić information content (AvgIpc) is 2.09. The maximum absolute atomic E-state index is 11.8. The minimum Gasteiger partial charge on any atom is -0.382 e. The van der Waals surface area contributed by atoms with E-state index in [0.717, 1.165) is 6.54 Å². The summed E-state index contributed by atoms with van der Waals surface area (Å²) < 4.78 is 33.3. The van der Waals surface area contributed by atoms with E-state index in [2.05, 4.69) is 5.32 Å². The first kappa shape index (κ1) is 12.7. The quantitative estimate of drug-likeness (QED) is 0.627. The molecule has 0 saturated heterocycles. The fourth-order valence-electron chi connectivity index (χ4n) is 0.866. The van der Waals surface area contributed by atoms with Gasteiger partial charge in [0.05, 0.1) is 12.7 Å². The fraction of sp³-hybridized carbons (Fsp3) is 1.00. The Morgan fingerprint density at radius 2 is 2.00 bits per heavy atom. The van der Waals surface area contributed by atoms with Crippen LogP contribution in [0.4, 0.5) is 8.78 Å². The van der Waals surface area contributed by atoms with E-state index in [1.807, 2.05) is 6.92 Å². The van der Waals surface area contributed by atoms with Crippen molar-refractivity contribution in [3.63, 3.8) is 0 Å². The SMILES string of the molecule is CCNCC(COC)OCC(F)F. The molecule has 0 heterocycles. The highest BCUT2D eigenvalue weighted by molar-refractivity contribution is 4.60. The van der Waals surface area contributed by atoms with E-state index in [0.29, 0.717) is 13.2 Å². The lowest BCUT2D eigenvalue weighted by molar-refractivity contribution is -0.0493. The molecule has 0 spiro atoms. The topological polar surface area (TPSA) is 30.5 Å². The predicted octanol–water partition coefficient (Wildman–Crippen LogP) is 0.893. The van der Waals surface area contributed by atoms with Gasteiger partial charge in [0.25, 0.3) is 6.43 Å².